The Kier molecular flexibility index (Phi) is 4.29. The third-order valence-corrected chi connectivity index (χ3v) is 5.12. The van der Waals surface area contributed by atoms with Crippen LogP contribution in [-0.2, 0) is 11.3 Å². The SMILES string of the molecule is O=C(NCc1cncc2ccccc12)C1=C2C=CC=CN2C(c2cccnc2)N1. The van der Waals surface area contributed by atoms with E-state index in [1.165, 1.54) is 0 Å². The fraction of sp³-hybridized carbons (Fsp3) is 0.0870. The number of nitrogens with one attached hydrogen (secondary N) is 2. The molecule has 1 unspecified atom stereocenters. The molecule has 3 aromatic rings. The van der Waals surface area contributed by atoms with Gasteiger partial charge >= 0.3 is 0 Å². The molecule has 2 N–H and O–H groups in total. The van der Waals surface area contributed by atoms with Gasteiger partial charge in [0.2, 0.25) is 0 Å². The predicted molar refractivity (Wildman–Crippen MR) is 111 cm³/mol. The zero-order chi connectivity index (χ0) is 19.6. The minimum absolute atomic E-state index is 0.149. The van der Waals surface area contributed by atoms with Crippen LogP contribution in [-0.4, -0.2) is 20.8 Å². The Morgan fingerprint density at radius 3 is 2.90 bits per heavy atom. The average molecular weight is 381 g/mol. The van der Waals surface area contributed by atoms with Crippen LogP contribution in [0.5, 0.6) is 0 Å². The van der Waals surface area contributed by atoms with E-state index in [1.54, 1.807) is 12.4 Å². The summed E-state index contributed by atoms with van der Waals surface area (Å²) >= 11 is 0. The van der Waals surface area contributed by atoms with Gasteiger partial charge in [-0.25, -0.2) is 0 Å². The molecular weight excluding hydrogens is 362 g/mol. The minimum Gasteiger partial charge on any atom is -0.355 e. The van der Waals surface area contributed by atoms with Gasteiger partial charge in [0.1, 0.15) is 11.9 Å². The highest BCUT2D eigenvalue weighted by Crippen LogP contribution is 2.33. The summed E-state index contributed by atoms with van der Waals surface area (Å²) < 4.78 is 0. The maximum atomic E-state index is 13.0. The van der Waals surface area contributed by atoms with Crippen LogP contribution in [0.3, 0.4) is 0 Å². The molecule has 1 aromatic carbocycles. The molecule has 142 valence electrons. The molecule has 0 saturated heterocycles. The van der Waals surface area contributed by atoms with Crippen LogP contribution in [0.1, 0.15) is 17.3 Å². The number of amides is 1. The first-order valence-corrected chi connectivity index (χ1v) is 9.45. The largest absolute Gasteiger partial charge is 0.355 e. The van der Waals surface area contributed by atoms with Crippen LogP contribution >= 0.6 is 0 Å². The molecule has 0 saturated carbocycles. The van der Waals surface area contributed by atoms with E-state index in [1.807, 2.05) is 78.1 Å². The average Bonchev–Trinajstić information content (AvgIpc) is 3.18. The summed E-state index contributed by atoms with van der Waals surface area (Å²) in [5, 5.41) is 8.55. The van der Waals surface area contributed by atoms with E-state index >= 15 is 0 Å². The number of pyridine rings is 2. The number of hydrogen-bond donors (Lipinski definition) is 2. The highest BCUT2D eigenvalue weighted by atomic mass is 16.2. The second kappa shape index (κ2) is 7.24. The molecule has 6 nitrogen and oxygen atoms in total. The fourth-order valence-electron chi connectivity index (χ4n) is 3.72. The summed E-state index contributed by atoms with van der Waals surface area (Å²) in [6.45, 7) is 0.406. The maximum Gasteiger partial charge on any atom is 0.269 e. The second-order valence-corrected chi connectivity index (χ2v) is 6.90. The lowest BCUT2D eigenvalue weighted by molar-refractivity contribution is -0.118. The second-order valence-electron chi connectivity index (χ2n) is 6.90. The van der Waals surface area contributed by atoms with E-state index in [-0.39, 0.29) is 12.1 Å². The Hall–Kier alpha value is -3.93. The first-order valence-electron chi connectivity index (χ1n) is 9.45. The molecule has 5 rings (SSSR count). The maximum absolute atomic E-state index is 13.0. The van der Waals surface area contributed by atoms with Crippen LogP contribution in [0.15, 0.2) is 97.0 Å². The van der Waals surface area contributed by atoms with Crippen molar-refractivity contribution in [2.24, 2.45) is 0 Å². The number of fused-ring (bicyclic) bond motifs is 2. The Labute approximate surface area is 168 Å². The molecule has 6 heteroatoms. The molecule has 0 aliphatic carbocycles. The van der Waals surface area contributed by atoms with Crippen LogP contribution in [0.4, 0.5) is 0 Å². The van der Waals surface area contributed by atoms with Crippen LogP contribution in [0.25, 0.3) is 10.8 Å². The van der Waals surface area contributed by atoms with Gasteiger partial charge in [-0.2, -0.15) is 0 Å². The number of aromatic nitrogens is 2. The number of benzene rings is 1. The number of nitrogens with zero attached hydrogens (tertiary/aromatic N) is 3. The lowest BCUT2D eigenvalue weighted by Gasteiger charge is -2.25. The smallest absolute Gasteiger partial charge is 0.269 e. The van der Waals surface area contributed by atoms with Crippen molar-refractivity contribution in [1.29, 1.82) is 0 Å². The molecule has 29 heavy (non-hydrogen) atoms. The minimum atomic E-state index is -0.167. The van der Waals surface area contributed by atoms with Crippen molar-refractivity contribution in [1.82, 2.24) is 25.5 Å². The summed E-state index contributed by atoms with van der Waals surface area (Å²) in [6.07, 6.45) is 14.8. The number of rotatable bonds is 4. The van der Waals surface area contributed by atoms with Crippen molar-refractivity contribution in [3.63, 3.8) is 0 Å². The third kappa shape index (κ3) is 3.14. The summed E-state index contributed by atoms with van der Waals surface area (Å²) in [4.78, 5) is 23.6. The summed E-state index contributed by atoms with van der Waals surface area (Å²) in [5.41, 5.74) is 3.37. The van der Waals surface area contributed by atoms with E-state index < -0.39 is 0 Å². The van der Waals surface area contributed by atoms with E-state index in [9.17, 15) is 4.79 Å². The van der Waals surface area contributed by atoms with Crippen LogP contribution in [0.2, 0.25) is 0 Å². The fourth-order valence-corrected chi connectivity index (χ4v) is 3.72. The quantitative estimate of drug-likeness (QED) is 0.727. The van der Waals surface area contributed by atoms with Crippen molar-refractivity contribution < 1.29 is 4.79 Å². The highest BCUT2D eigenvalue weighted by molar-refractivity contribution is 5.95. The topological polar surface area (TPSA) is 70.2 Å². The monoisotopic (exact) mass is 381 g/mol. The Morgan fingerprint density at radius 1 is 1.07 bits per heavy atom. The van der Waals surface area contributed by atoms with Gasteiger partial charge in [-0.1, -0.05) is 36.4 Å². The van der Waals surface area contributed by atoms with Gasteiger partial charge in [0, 0.05) is 48.5 Å². The van der Waals surface area contributed by atoms with Crippen molar-refractivity contribution in [3.8, 4) is 0 Å². The van der Waals surface area contributed by atoms with Crippen molar-refractivity contribution >= 4 is 16.7 Å². The van der Waals surface area contributed by atoms with E-state index in [2.05, 4.69) is 20.6 Å². The van der Waals surface area contributed by atoms with Crippen molar-refractivity contribution in [2.75, 3.05) is 0 Å². The zero-order valence-electron chi connectivity index (χ0n) is 15.6. The molecule has 0 bridgehead atoms. The van der Waals surface area contributed by atoms with E-state index in [0.29, 0.717) is 12.2 Å². The zero-order valence-corrected chi connectivity index (χ0v) is 15.6. The molecular formula is C23H19N5O. The third-order valence-electron chi connectivity index (χ3n) is 5.12. The van der Waals surface area contributed by atoms with Gasteiger partial charge in [0.15, 0.2) is 0 Å². The number of carbonyl (C=O) groups is 1. The highest BCUT2D eigenvalue weighted by Gasteiger charge is 2.33. The summed E-state index contributed by atoms with van der Waals surface area (Å²) in [6, 6.07) is 11.9. The van der Waals surface area contributed by atoms with Crippen molar-refractivity contribution in [2.45, 2.75) is 12.7 Å². The lowest BCUT2D eigenvalue weighted by atomic mass is 10.1. The predicted octanol–water partition coefficient (Wildman–Crippen LogP) is 3.15. The molecule has 1 amide bonds. The lowest BCUT2D eigenvalue weighted by Crippen LogP contribution is -2.31. The molecule has 4 heterocycles. The normalized spacial score (nSPS) is 17.4. The number of hydrogen-bond acceptors (Lipinski definition) is 5. The van der Waals surface area contributed by atoms with Gasteiger partial charge in [0.25, 0.3) is 5.91 Å². The molecule has 0 spiro atoms. The molecule has 2 aliphatic heterocycles. The molecule has 1 atom stereocenters. The van der Waals surface area contributed by atoms with E-state index in [0.717, 1.165) is 27.6 Å². The summed E-state index contributed by atoms with van der Waals surface area (Å²) in [7, 11) is 0. The van der Waals surface area contributed by atoms with E-state index in [4.69, 9.17) is 0 Å². The molecule has 0 radical (unpaired) electrons. The number of allylic oxidation sites excluding steroid dienone is 3. The number of carbonyl (C=O) groups excluding carboxylic acids is 1. The van der Waals surface area contributed by atoms with Crippen LogP contribution < -0.4 is 10.6 Å². The van der Waals surface area contributed by atoms with Gasteiger partial charge in [-0.3, -0.25) is 14.8 Å². The molecule has 2 aliphatic rings. The van der Waals surface area contributed by atoms with Gasteiger partial charge in [0.05, 0.1) is 5.70 Å². The van der Waals surface area contributed by atoms with Gasteiger partial charge in [-0.15, -0.1) is 0 Å². The Morgan fingerprint density at radius 2 is 2.00 bits per heavy atom. The standard InChI is InChI=1S/C23H19N5O/c29-23(26-15-18-14-25-12-16-6-1-2-8-19(16)18)21-20-9-3-4-11-28(20)22(27-21)17-7-5-10-24-13-17/h1-14,22,27H,15H2,(H,26,29). The molecule has 0 fully saturated rings. The Balaban J connectivity index is 1.39. The van der Waals surface area contributed by atoms with Crippen LogP contribution in [0, 0.1) is 0 Å². The van der Waals surface area contributed by atoms with Gasteiger partial charge in [-0.05, 0) is 29.2 Å². The first kappa shape index (κ1) is 17.2. The molecule has 2 aromatic heterocycles. The first-order chi connectivity index (χ1) is 14.3. The van der Waals surface area contributed by atoms with Crippen molar-refractivity contribution in [3.05, 3.63) is 108 Å². The summed E-state index contributed by atoms with van der Waals surface area (Å²) in [5.74, 6) is -0.149. The van der Waals surface area contributed by atoms with Gasteiger partial charge < -0.3 is 15.5 Å². The Bertz CT molecular complexity index is 1160.